The molecule has 126 valence electrons. The lowest BCUT2D eigenvalue weighted by atomic mass is 9.94. The number of rotatable bonds is 3. The van der Waals surface area contributed by atoms with Crippen molar-refractivity contribution in [3.63, 3.8) is 0 Å². The Labute approximate surface area is 148 Å². The molecule has 4 heteroatoms. The van der Waals surface area contributed by atoms with Crippen molar-refractivity contribution in [1.29, 1.82) is 0 Å². The van der Waals surface area contributed by atoms with Crippen molar-refractivity contribution in [1.82, 2.24) is 9.88 Å². The number of methoxy groups -OCH3 is 1. The van der Waals surface area contributed by atoms with E-state index in [-0.39, 0.29) is 0 Å². The van der Waals surface area contributed by atoms with Gasteiger partial charge in [0, 0.05) is 47.5 Å². The molecule has 0 fully saturated rings. The first-order valence-electron chi connectivity index (χ1n) is 8.64. The molecule has 0 N–H and O–H groups in total. The molecule has 0 bridgehead atoms. The maximum atomic E-state index is 5.56. The first-order chi connectivity index (χ1) is 12.3. The molecular weight excluding hydrogens is 310 g/mol. The van der Waals surface area contributed by atoms with Crippen LogP contribution in [0.3, 0.4) is 0 Å². The molecule has 4 nitrogen and oxygen atoms in total. The number of nitrogens with zero attached hydrogens (tertiary/aromatic N) is 3. The molecule has 0 radical (unpaired) electrons. The van der Waals surface area contributed by atoms with Gasteiger partial charge in [0.05, 0.1) is 18.5 Å². The van der Waals surface area contributed by atoms with Crippen LogP contribution in [0.5, 0.6) is 5.75 Å². The van der Waals surface area contributed by atoms with Gasteiger partial charge >= 0.3 is 0 Å². The molecule has 2 aliphatic rings. The molecule has 0 atom stereocenters. The van der Waals surface area contributed by atoms with Crippen LogP contribution in [0, 0.1) is 0 Å². The van der Waals surface area contributed by atoms with Crippen molar-refractivity contribution >= 4 is 11.4 Å². The molecule has 1 aromatic carbocycles. The third-order valence-electron chi connectivity index (χ3n) is 4.75. The van der Waals surface area contributed by atoms with Crippen molar-refractivity contribution < 1.29 is 4.74 Å². The standard InChI is InChI=1S/C21H21N3O/c1-3-16-13-15(7-9-22-16)19-14-20-17-5-4-6-21(25-2)18(17)8-11-24(20)12-10-23-19/h4-7,9-10,12-14H,3,8,11H2,1-2H3. The number of allylic oxidation sites excluding steroid dienone is 1. The van der Waals surface area contributed by atoms with Crippen LogP contribution in [0.1, 0.15) is 29.3 Å². The van der Waals surface area contributed by atoms with Gasteiger partial charge in [-0.2, -0.15) is 0 Å². The molecule has 0 amide bonds. The topological polar surface area (TPSA) is 37.7 Å². The molecule has 0 unspecified atom stereocenters. The number of aliphatic imine (C=N–C) groups is 1. The molecule has 0 spiro atoms. The van der Waals surface area contributed by atoms with E-state index in [9.17, 15) is 0 Å². The average molecular weight is 331 g/mol. The van der Waals surface area contributed by atoms with Gasteiger partial charge in [0.15, 0.2) is 0 Å². The summed E-state index contributed by atoms with van der Waals surface area (Å²) in [5.41, 5.74) is 6.79. The molecule has 25 heavy (non-hydrogen) atoms. The average Bonchev–Trinajstić information content (AvgIpc) is 2.90. The predicted octanol–water partition coefficient (Wildman–Crippen LogP) is 3.83. The molecule has 0 aliphatic carbocycles. The fraction of sp³-hybridized carbons (Fsp3) is 0.238. The molecule has 2 aliphatic heterocycles. The first kappa shape index (κ1) is 15.6. The van der Waals surface area contributed by atoms with Crippen molar-refractivity contribution in [2.75, 3.05) is 13.7 Å². The Morgan fingerprint density at radius 3 is 3.00 bits per heavy atom. The van der Waals surface area contributed by atoms with E-state index in [4.69, 9.17) is 4.74 Å². The zero-order valence-corrected chi connectivity index (χ0v) is 14.6. The summed E-state index contributed by atoms with van der Waals surface area (Å²) in [6.45, 7) is 3.04. The highest BCUT2D eigenvalue weighted by Gasteiger charge is 2.23. The Kier molecular flexibility index (Phi) is 4.10. The van der Waals surface area contributed by atoms with Crippen LogP contribution < -0.4 is 4.74 Å². The van der Waals surface area contributed by atoms with Crippen LogP contribution in [-0.2, 0) is 12.8 Å². The zero-order chi connectivity index (χ0) is 17.2. The summed E-state index contributed by atoms with van der Waals surface area (Å²) in [6.07, 6.45) is 9.86. The van der Waals surface area contributed by atoms with Gasteiger partial charge in [-0.25, -0.2) is 0 Å². The summed E-state index contributed by atoms with van der Waals surface area (Å²) in [4.78, 5) is 11.3. The minimum Gasteiger partial charge on any atom is -0.496 e. The van der Waals surface area contributed by atoms with Crippen LogP contribution in [0.15, 0.2) is 60.0 Å². The van der Waals surface area contributed by atoms with E-state index in [0.29, 0.717) is 0 Å². The Morgan fingerprint density at radius 1 is 1.24 bits per heavy atom. The molecule has 4 rings (SSSR count). The molecule has 3 heterocycles. The van der Waals surface area contributed by atoms with Crippen molar-refractivity contribution in [2.45, 2.75) is 19.8 Å². The second kappa shape index (κ2) is 6.55. The van der Waals surface area contributed by atoms with Gasteiger partial charge in [-0.3, -0.25) is 9.98 Å². The summed E-state index contributed by atoms with van der Waals surface area (Å²) in [6, 6.07) is 10.4. The summed E-state index contributed by atoms with van der Waals surface area (Å²) in [7, 11) is 1.74. The number of benzene rings is 1. The molecule has 1 aromatic heterocycles. The second-order valence-electron chi connectivity index (χ2n) is 6.16. The molecular formula is C21H21N3O. The fourth-order valence-corrected chi connectivity index (χ4v) is 3.43. The highest BCUT2D eigenvalue weighted by molar-refractivity contribution is 6.13. The van der Waals surface area contributed by atoms with Crippen LogP contribution in [0.4, 0.5) is 0 Å². The lowest BCUT2D eigenvalue weighted by molar-refractivity contribution is 0.403. The lowest BCUT2D eigenvalue weighted by Crippen LogP contribution is -2.25. The minimum atomic E-state index is 0.916. The van der Waals surface area contributed by atoms with Gasteiger partial charge in [0.25, 0.3) is 0 Å². The number of ether oxygens (including phenoxy) is 1. The third kappa shape index (κ3) is 2.84. The lowest BCUT2D eigenvalue weighted by Gasteiger charge is -2.31. The SMILES string of the molecule is CCc1cc(C2=NC=CN3CCc4c(OC)cccc4C3=C2)ccn1. The van der Waals surface area contributed by atoms with Crippen molar-refractivity contribution in [3.8, 4) is 5.75 Å². The van der Waals surface area contributed by atoms with Gasteiger partial charge in [0.2, 0.25) is 0 Å². The molecule has 2 aromatic rings. The normalized spacial score (nSPS) is 15.7. The maximum Gasteiger partial charge on any atom is 0.122 e. The van der Waals surface area contributed by atoms with E-state index in [1.165, 1.54) is 16.8 Å². The van der Waals surface area contributed by atoms with Gasteiger partial charge < -0.3 is 9.64 Å². The van der Waals surface area contributed by atoms with E-state index < -0.39 is 0 Å². The van der Waals surface area contributed by atoms with Crippen LogP contribution >= 0.6 is 0 Å². The fourth-order valence-electron chi connectivity index (χ4n) is 3.43. The predicted molar refractivity (Wildman–Crippen MR) is 101 cm³/mol. The van der Waals surface area contributed by atoms with Crippen molar-refractivity contribution in [2.24, 2.45) is 4.99 Å². The molecule has 0 saturated carbocycles. The number of fused-ring (bicyclic) bond motifs is 3. The number of aromatic nitrogens is 1. The summed E-state index contributed by atoms with van der Waals surface area (Å²) < 4.78 is 5.56. The van der Waals surface area contributed by atoms with E-state index in [1.807, 2.05) is 24.5 Å². The molecule has 0 saturated heterocycles. The Balaban J connectivity index is 1.82. The smallest absolute Gasteiger partial charge is 0.122 e. The highest BCUT2D eigenvalue weighted by atomic mass is 16.5. The van der Waals surface area contributed by atoms with E-state index in [1.54, 1.807) is 7.11 Å². The van der Waals surface area contributed by atoms with Gasteiger partial charge in [-0.15, -0.1) is 0 Å². The number of aryl methyl sites for hydroxylation is 1. The maximum absolute atomic E-state index is 5.56. The first-order valence-corrected chi connectivity index (χ1v) is 8.64. The monoisotopic (exact) mass is 331 g/mol. The van der Waals surface area contributed by atoms with E-state index in [0.717, 1.165) is 42.1 Å². The number of pyridine rings is 1. The minimum absolute atomic E-state index is 0.916. The van der Waals surface area contributed by atoms with Gasteiger partial charge in [0.1, 0.15) is 5.75 Å². The Bertz CT molecular complexity index is 896. The largest absolute Gasteiger partial charge is 0.496 e. The summed E-state index contributed by atoms with van der Waals surface area (Å²) in [5, 5.41) is 0. The highest BCUT2D eigenvalue weighted by Crippen LogP contribution is 2.35. The van der Waals surface area contributed by atoms with Crippen LogP contribution in [0.2, 0.25) is 0 Å². The third-order valence-corrected chi connectivity index (χ3v) is 4.75. The van der Waals surface area contributed by atoms with Crippen LogP contribution in [0.25, 0.3) is 5.70 Å². The second-order valence-corrected chi connectivity index (χ2v) is 6.16. The van der Waals surface area contributed by atoms with Crippen molar-refractivity contribution in [3.05, 3.63) is 77.4 Å². The van der Waals surface area contributed by atoms with E-state index >= 15 is 0 Å². The Morgan fingerprint density at radius 2 is 2.16 bits per heavy atom. The van der Waals surface area contributed by atoms with E-state index in [2.05, 4.69) is 52.3 Å². The quantitative estimate of drug-likeness (QED) is 0.858. The number of hydrogen-bond donors (Lipinski definition) is 0. The van der Waals surface area contributed by atoms with Gasteiger partial charge in [-0.1, -0.05) is 19.1 Å². The van der Waals surface area contributed by atoms with Crippen LogP contribution in [-0.4, -0.2) is 29.3 Å². The summed E-state index contributed by atoms with van der Waals surface area (Å²) in [5.74, 6) is 0.960. The Hall–Kier alpha value is -2.88. The zero-order valence-electron chi connectivity index (χ0n) is 14.6. The number of hydrogen-bond acceptors (Lipinski definition) is 4. The summed E-state index contributed by atoms with van der Waals surface area (Å²) >= 11 is 0. The van der Waals surface area contributed by atoms with Gasteiger partial charge in [-0.05, 0) is 37.1 Å².